The predicted octanol–water partition coefficient (Wildman–Crippen LogP) is 3.67. The highest BCUT2D eigenvalue weighted by Gasteiger charge is 2.13. The van der Waals surface area contributed by atoms with Crippen LogP contribution < -0.4 is 5.32 Å². The number of aryl methyl sites for hydroxylation is 2. The maximum absolute atomic E-state index is 14.5. The van der Waals surface area contributed by atoms with E-state index in [0.29, 0.717) is 22.5 Å². The quantitative estimate of drug-likeness (QED) is 0.714. The van der Waals surface area contributed by atoms with Crippen molar-refractivity contribution in [1.82, 2.24) is 9.78 Å². The molecular weight excluding hydrogens is 349 g/mol. The number of rotatable bonds is 4. The Kier molecular flexibility index (Phi) is 5.03. The minimum atomic E-state index is -0.500. The fourth-order valence-corrected chi connectivity index (χ4v) is 2.71. The summed E-state index contributed by atoms with van der Waals surface area (Å²) in [6.07, 6.45) is 0. The van der Waals surface area contributed by atoms with E-state index in [0.717, 1.165) is 11.4 Å². The van der Waals surface area contributed by atoms with Crippen LogP contribution in [0.2, 0.25) is 0 Å². The van der Waals surface area contributed by atoms with Gasteiger partial charge in [0, 0.05) is 16.9 Å². The van der Waals surface area contributed by atoms with Crippen LogP contribution in [0.15, 0.2) is 48.5 Å². The number of halogens is 1. The lowest BCUT2D eigenvalue weighted by Crippen LogP contribution is -2.13. The number of nitrogens with one attached hydrogen (secondary N) is 1. The van der Waals surface area contributed by atoms with Crippen molar-refractivity contribution in [3.05, 3.63) is 76.9 Å². The van der Waals surface area contributed by atoms with Gasteiger partial charge < -0.3 is 10.1 Å². The van der Waals surface area contributed by atoms with Crippen LogP contribution in [0.1, 0.15) is 32.1 Å². The molecule has 1 aromatic heterocycles. The van der Waals surface area contributed by atoms with Gasteiger partial charge in [0.15, 0.2) is 5.82 Å². The van der Waals surface area contributed by atoms with Crippen molar-refractivity contribution in [2.45, 2.75) is 13.8 Å². The zero-order chi connectivity index (χ0) is 19.6. The average molecular weight is 367 g/mol. The van der Waals surface area contributed by atoms with Crippen molar-refractivity contribution in [2.24, 2.45) is 0 Å². The summed E-state index contributed by atoms with van der Waals surface area (Å²) in [5.74, 6) is -1.39. The maximum atomic E-state index is 14.5. The molecule has 2 aromatic carbocycles. The van der Waals surface area contributed by atoms with E-state index in [9.17, 15) is 14.0 Å². The molecule has 0 atom stereocenters. The van der Waals surface area contributed by atoms with Gasteiger partial charge in [0.05, 0.1) is 18.4 Å². The molecular formula is C20H18FN3O3. The SMILES string of the molecule is COC(=O)c1ccc(C(=O)Nc2ccc(-n3nc(C)cc3C)c(F)c2)cc1. The van der Waals surface area contributed by atoms with Crippen LogP contribution in [0.25, 0.3) is 5.69 Å². The molecule has 0 bridgehead atoms. The van der Waals surface area contributed by atoms with Crippen molar-refractivity contribution < 1.29 is 18.7 Å². The Morgan fingerprint density at radius 3 is 2.26 bits per heavy atom. The molecule has 0 unspecified atom stereocenters. The molecule has 0 spiro atoms. The summed E-state index contributed by atoms with van der Waals surface area (Å²) in [6.45, 7) is 3.68. The molecule has 1 amide bonds. The van der Waals surface area contributed by atoms with Gasteiger partial charge in [0.2, 0.25) is 0 Å². The largest absolute Gasteiger partial charge is 0.465 e. The Labute approximate surface area is 155 Å². The number of anilines is 1. The third-order valence-electron chi connectivity index (χ3n) is 4.01. The number of hydrogen-bond acceptors (Lipinski definition) is 4. The lowest BCUT2D eigenvalue weighted by atomic mass is 10.1. The predicted molar refractivity (Wildman–Crippen MR) is 98.7 cm³/mol. The number of ether oxygens (including phenoxy) is 1. The van der Waals surface area contributed by atoms with Crippen LogP contribution in [0.5, 0.6) is 0 Å². The summed E-state index contributed by atoms with van der Waals surface area (Å²) in [5, 5.41) is 6.90. The molecule has 1 heterocycles. The molecule has 0 saturated carbocycles. The van der Waals surface area contributed by atoms with E-state index in [2.05, 4.69) is 15.2 Å². The van der Waals surface area contributed by atoms with Crippen LogP contribution in [0, 0.1) is 19.7 Å². The number of hydrogen-bond donors (Lipinski definition) is 1. The first kappa shape index (κ1) is 18.3. The van der Waals surface area contributed by atoms with E-state index < -0.39 is 17.7 Å². The van der Waals surface area contributed by atoms with Gasteiger partial charge in [0.25, 0.3) is 5.91 Å². The lowest BCUT2D eigenvalue weighted by molar-refractivity contribution is 0.0600. The van der Waals surface area contributed by atoms with E-state index in [1.54, 1.807) is 12.1 Å². The highest BCUT2D eigenvalue weighted by molar-refractivity contribution is 6.04. The smallest absolute Gasteiger partial charge is 0.337 e. The van der Waals surface area contributed by atoms with Gasteiger partial charge >= 0.3 is 5.97 Å². The molecule has 0 aliphatic heterocycles. The number of nitrogens with zero attached hydrogens (tertiary/aromatic N) is 2. The van der Waals surface area contributed by atoms with Gasteiger partial charge in [-0.2, -0.15) is 5.10 Å². The summed E-state index contributed by atoms with van der Waals surface area (Å²) < 4.78 is 20.6. The molecule has 6 nitrogen and oxygen atoms in total. The molecule has 0 radical (unpaired) electrons. The van der Waals surface area contributed by atoms with Crippen LogP contribution in [0.4, 0.5) is 10.1 Å². The lowest BCUT2D eigenvalue weighted by Gasteiger charge is -2.10. The first-order chi connectivity index (χ1) is 12.9. The topological polar surface area (TPSA) is 73.2 Å². The third-order valence-corrected chi connectivity index (χ3v) is 4.01. The number of benzene rings is 2. The second-order valence-corrected chi connectivity index (χ2v) is 6.03. The number of amides is 1. The number of carbonyl (C=O) groups is 2. The van der Waals surface area contributed by atoms with Crippen LogP contribution >= 0.6 is 0 Å². The first-order valence-corrected chi connectivity index (χ1v) is 8.22. The normalized spacial score (nSPS) is 10.5. The second kappa shape index (κ2) is 7.41. The van der Waals surface area contributed by atoms with Crippen LogP contribution in [-0.4, -0.2) is 28.8 Å². The standard InChI is InChI=1S/C20H18FN3O3/c1-12-10-13(2)24(23-12)18-9-8-16(11-17(18)21)22-19(25)14-4-6-15(7-5-14)20(26)27-3/h4-11H,1-3H3,(H,22,25). The van der Waals surface area contributed by atoms with Gasteiger partial charge in [-0.05, 0) is 62.4 Å². The first-order valence-electron chi connectivity index (χ1n) is 8.22. The minimum absolute atomic E-state index is 0.307. The summed E-state index contributed by atoms with van der Waals surface area (Å²) in [4.78, 5) is 23.7. The Morgan fingerprint density at radius 1 is 1.04 bits per heavy atom. The molecule has 0 fully saturated rings. The van der Waals surface area contributed by atoms with Crippen LogP contribution in [-0.2, 0) is 4.74 Å². The zero-order valence-electron chi connectivity index (χ0n) is 15.1. The number of carbonyl (C=O) groups excluding carboxylic acids is 2. The summed E-state index contributed by atoms with van der Waals surface area (Å²) in [5.41, 5.74) is 2.91. The van der Waals surface area contributed by atoms with E-state index in [1.165, 1.54) is 42.1 Å². The van der Waals surface area contributed by atoms with Crippen molar-refractivity contribution >= 4 is 17.6 Å². The Balaban J connectivity index is 1.78. The van der Waals surface area contributed by atoms with E-state index in [4.69, 9.17) is 0 Å². The summed E-state index contributed by atoms with van der Waals surface area (Å²) in [6, 6.07) is 12.3. The highest BCUT2D eigenvalue weighted by atomic mass is 19.1. The molecule has 7 heteroatoms. The van der Waals surface area contributed by atoms with Gasteiger partial charge in [-0.3, -0.25) is 4.79 Å². The second-order valence-electron chi connectivity index (χ2n) is 6.03. The Bertz CT molecular complexity index is 1010. The van der Waals surface area contributed by atoms with E-state index in [1.807, 2.05) is 19.9 Å². The molecule has 27 heavy (non-hydrogen) atoms. The summed E-state index contributed by atoms with van der Waals surface area (Å²) >= 11 is 0. The Hall–Kier alpha value is -3.48. The number of esters is 1. The van der Waals surface area contributed by atoms with Crippen molar-refractivity contribution in [2.75, 3.05) is 12.4 Å². The average Bonchev–Trinajstić information content (AvgIpc) is 2.99. The van der Waals surface area contributed by atoms with Crippen molar-refractivity contribution in [1.29, 1.82) is 0 Å². The maximum Gasteiger partial charge on any atom is 0.337 e. The van der Waals surface area contributed by atoms with E-state index >= 15 is 0 Å². The van der Waals surface area contributed by atoms with Crippen LogP contribution in [0.3, 0.4) is 0 Å². The van der Waals surface area contributed by atoms with E-state index in [-0.39, 0.29) is 0 Å². The fraction of sp³-hybridized carbons (Fsp3) is 0.150. The molecule has 0 aliphatic carbocycles. The number of methoxy groups -OCH3 is 1. The molecule has 0 saturated heterocycles. The third kappa shape index (κ3) is 3.87. The van der Waals surface area contributed by atoms with Crippen molar-refractivity contribution in [3.63, 3.8) is 0 Å². The van der Waals surface area contributed by atoms with Gasteiger partial charge in [-0.15, -0.1) is 0 Å². The van der Waals surface area contributed by atoms with Gasteiger partial charge in [-0.1, -0.05) is 0 Å². The monoisotopic (exact) mass is 367 g/mol. The molecule has 138 valence electrons. The number of aromatic nitrogens is 2. The van der Waals surface area contributed by atoms with Gasteiger partial charge in [-0.25, -0.2) is 13.9 Å². The molecule has 3 rings (SSSR count). The molecule has 3 aromatic rings. The fourth-order valence-electron chi connectivity index (χ4n) is 2.71. The molecule has 1 N–H and O–H groups in total. The summed E-state index contributed by atoms with van der Waals surface area (Å²) in [7, 11) is 1.28. The zero-order valence-corrected chi connectivity index (χ0v) is 15.1. The Morgan fingerprint density at radius 2 is 1.70 bits per heavy atom. The van der Waals surface area contributed by atoms with Gasteiger partial charge in [0.1, 0.15) is 5.69 Å². The minimum Gasteiger partial charge on any atom is -0.465 e. The highest BCUT2D eigenvalue weighted by Crippen LogP contribution is 2.20. The van der Waals surface area contributed by atoms with Crippen molar-refractivity contribution in [3.8, 4) is 5.69 Å². The molecule has 0 aliphatic rings.